The molecule has 18 heavy (non-hydrogen) atoms. The normalized spacial score (nSPS) is 12.2. The monoisotopic (exact) mass is 268 g/mol. The molecule has 0 aromatic heterocycles. The molecule has 0 aliphatic rings. The van der Waals surface area contributed by atoms with Crippen molar-refractivity contribution in [3.05, 3.63) is 34.9 Å². The Morgan fingerprint density at radius 1 is 1.22 bits per heavy atom. The summed E-state index contributed by atoms with van der Waals surface area (Å²) in [4.78, 5) is 11.2. The minimum absolute atomic E-state index is 0.227. The molecule has 1 unspecified atom stereocenters. The second-order valence-corrected chi connectivity index (χ2v) is 5.92. The number of rotatable bonds is 6. The van der Waals surface area contributed by atoms with Gasteiger partial charge in [-0.2, -0.15) is 0 Å². The van der Waals surface area contributed by atoms with Crippen LogP contribution in [0.15, 0.2) is 18.2 Å². The first-order valence-corrected chi connectivity index (χ1v) is 7.58. The van der Waals surface area contributed by atoms with Crippen LogP contribution in [0.4, 0.5) is 0 Å². The molecular weight excluding hydrogens is 248 g/mol. The van der Waals surface area contributed by atoms with Gasteiger partial charge < -0.3 is 4.74 Å². The molecule has 0 fully saturated rings. The van der Waals surface area contributed by atoms with Gasteiger partial charge >= 0.3 is 5.97 Å². The predicted octanol–water partition coefficient (Wildman–Crippen LogP) is 2.51. The highest BCUT2D eigenvalue weighted by molar-refractivity contribution is 7.84. The van der Waals surface area contributed by atoms with E-state index in [1.54, 1.807) is 6.92 Å². The summed E-state index contributed by atoms with van der Waals surface area (Å²) in [5.74, 6) is 0.597. The lowest BCUT2D eigenvalue weighted by molar-refractivity contribution is -0.142. The maximum Gasteiger partial charge on any atom is 0.306 e. The predicted molar refractivity (Wildman–Crippen MR) is 73.9 cm³/mol. The van der Waals surface area contributed by atoms with Crippen molar-refractivity contribution < 1.29 is 13.7 Å². The van der Waals surface area contributed by atoms with E-state index in [0.717, 1.165) is 5.56 Å². The zero-order valence-electron chi connectivity index (χ0n) is 11.2. The van der Waals surface area contributed by atoms with Crippen LogP contribution in [0, 0.1) is 13.8 Å². The average Bonchev–Trinajstić information content (AvgIpc) is 2.25. The first kappa shape index (κ1) is 14.9. The maximum atomic E-state index is 11.8. The molecule has 0 heterocycles. The Hall–Kier alpha value is -1.16. The Balaban J connectivity index is 2.47. The maximum absolute atomic E-state index is 11.8. The van der Waals surface area contributed by atoms with Crippen molar-refractivity contribution in [1.29, 1.82) is 0 Å². The topological polar surface area (TPSA) is 43.4 Å². The van der Waals surface area contributed by atoms with Crippen molar-refractivity contribution in [3.8, 4) is 0 Å². The molecular formula is C14H20O3S. The molecule has 0 aliphatic heterocycles. The number of hydrogen-bond donors (Lipinski definition) is 0. The first-order chi connectivity index (χ1) is 8.51. The first-order valence-electron chi connectivity index (χ1n) is 6.09. The zero-order valence-corrected chi connectivity index (χ0v) is 12.0. The number of ether oxygens (including phenoxy) is 1. The van der Waals surface area contributed by atoms with Gasteiger partial charge in [-0.05, 0) is 26.3 Å². The van der Waals surface area contributed by atoms with Gasteiger partial charge in [-0.3, -0.25) is 9.00 Å². The summed E-state index contributed by atoms with van der Waals surface area (Å²) in [6, 6.07) is 6.16. The Labute approximate surface area is 111 Å². The number of benzene rings is 1. The fourth-order valence-corrected chi connectivity index (χ4v) is 2.92. The lowest BCUT2D eigenvalue weighted by Crippen LogP contribution is -2.10. The van der Waals surface area contributed by atoms with E-state index in [1.807, 2.05) is 26.0 Å². The molecule has 1 rings (SSSR count). The lowest BCUT2D eigenvalue weighted by atomic mass is 10.1. The van der Waals surface area contributed by atoms with E-state index in [1.165, 1.54) is 11.1 Å². The summed E-state index contributed by atoms with van der Waals surface area (Å²) in [5, 5.41) is 0. The number of hydrogen-bond acceptors (Lipinski definition) is 3. The molecule has 0 N–H and O–H groups in total. The average molecular weight is 268 g/mol. The molecule has 100 valence electrons. The van der Waals surface area contributed by atoms with E-state index in [0.29, 0.717) is 18.1 Å². The molecule has 0 amide bonds. The van der Waals surface area contributed by atoms with Crippen molar-refractivity contribution in [3.63, 3.8) is 0 Å². The molecule has 3 nitrogen and oxygen atoms in total. The smallest absolute Gasteiger partial charge is 0.306 e. The lowest BCUT2D eigenvalue weighted by Gasteiger charge is -2.05. The molecule has 1 aromatic carbocycles. The molecule has 4 heteroatoms. The highest BCUT2D eigenvalue weighted by atomic mass is 32.2. The summed E-state index contributed by atoms with van der Waals surface area (Å²) in [7, 11) is -1.01. The molecule has 0 saturated carbocycles. The Bertz CT molecular complexity index is 420. The van der Waals surface area contributed by atoms with Gasteiger partial charge in [-0.1, -0.05) is 29.3 Å². The van der Waals surface area contributed by atoms with E-state index < -0.39 is 10.8 Å². The van der Waals surface area contributed by atoms with E-state index in [-0.39, 0.29) is 12.4 Å². The SMILES string of the molecule is CCOC(=O)CCS(=O)Cc1cc(C)cc(C)c1. The van der Waals surface area contributed by atoms with Crippen LogP contribution in [0.1, 0.15) is 30.0 Å². The highest BCUT2D eigenvalue weighted by Crippen LogP contribution is 2.11. The van der Waals surface area contributed by atoms with Gasteiger partial charge in [0, 0.05) is 22.3 Å². The zero-order chi connectivity index (χ0) is 13.5. The van der Waals surface area contributed by atoms with E-state index >= 15 is 0 Å². The number of aryl methyl sites for hydroxylation is 2. The Kier molecular flexibility index (Phi) is 6.05. The quantitative estimate of drug-likeness (QED) is 0.745. The van der Waals surface area contributed by atoms with Crippen molar-refractivity contribution in [2.24, 2.45) is 0 Å². The second-order valence-electron chi connectivity index (χ2n) is 4.34. The molecule has 0 saturated heterocycles. The van der Waals surface area contributed by atoms with Crippen LogP contribution in [-0.4, -0.2) is 22.5 Å². The third kappa shape index (κ3) is 5.45. The van der Waals surface area contributed by atoms with Crippen LogP contribution in [-0.2, 0) is 26.1 Å². The van der Waals surface area contributed by atoms with Crippen LogP contribution in [0.25, 0.3) is 0 Å². The van der Waals surface area contributed by atoms with Crippen molar-refractivity contribution in [2.45, 2.75) is 32.9 Å². The minimum atomic E-state index is -1.01. The van der Waals surface area contributed by atoms with Gasteiger partial charge in [0.15, 0.2) is 0 Å². The molecule has 1 atom stereocenters. The summed E-state index contributed by atoms with van der Waals surface area (Å²) in [6.07, 6.45) is 0.227. The van der Waals surface area contributed by atoms with Crippen LogP contribution in [0.3, 0.4) is 0 Å². The van der Waals surface area contributed by atoms with Gasteiger partial charge in [-0.15, -0.1) is 0 Å². The van der Waals surface area contributed by atoms with Crippen molar-refractivity contribution in [2.75, 3.05) is 12.4 Å². The molecule has 0 aliphatic carbocycles. The summed E-state index contributed by atoms with van der Waals surface area (Å²) >= 11 is 0. The summed E-state index contributed by atoms with van der Waals surface area (Å²) in [6.45, 7) is 6.20. The van der Waals surface area contributed by atoms with Gasteiger partial charge in [0.1, 0.15) is 0 Å². The number of carbonyl (C=O) groups is 1. The second kappa shape index (κ2) is 7.31. The number of esters is 1. The number of carbonyl (C=O) groups excluding carboxylic acids is 1. The Morgan fingerprint density at radius 2 is 1.83 bits per heavy atom. The van der Waals surface area contributed by atoms with Crippen molar-refractivity contribution in [1.82, 2.24) is 0 Å². The van der Waals surface area contributed by atoms with E-state index in [4.69, 9.17) is 4.74 Å². The minimum Gasteiger partial charge on any atom is -0.466 e. The Morgan fingerprint density at radius 3 is 2.39 bits per heavy atom. The molecule has 0 spiro atoms. The molecule has 0 radical (unpaired) electrons. The standard InChI is InChI=1S/C14H20O3S/c1-4-17-14(15)5-6-18(16)10-13-8-11(2)7-12(3)9-13/h7-9H,4-6,10H2,1-3H3. The van der Waals surface area contributed by atoms with Crippen LogP contribution in [0.5, 0.6) is 0 Å². The van der Waals surface area contributed by atoms with Gasteiger partial charge in [0.2, 0.25) is 0 Å². The summed E-state index contributed by atoms with van der Waals surface area (Å²) < 4.78 is 16.7. The highest BCUT2D eigenvalue weighted by Gasteiger charge is 2.07. The van der Waals surface area contributed by atoms with Gasteiger partial charge in [0.05, 0.1) is 13.0 Å². The third-order valence-electron chi connectivity index (χ3n) is 2.45. The third-order valence-corrected chi connectivity index (χ3v) is 3.76. The summed E-state index contributed by atoms with van der Waals surface area (Å²) in [5.41, 5.74) is 3.41. The fourth-order valence-electron chi connectivity index (χ4n) is 1.84. The fraction of sp³-hybridized carbons (Fsp3) is 0.500. The van der Waals surface area contributed by atoms with Crippen LogP contribution in [0.2, 0.25) is 0 Å². The molecule has 0 bridgehead atoms. The van der Waals surface area contributed by atoms with Crippen LogP contribution < -0.4 is 0 Å². The van der Waals surface area contributed by atoms with Gasteiger partial charge in [-0.25, -0.2) is 0 Å². The van der Waals surface area contributed by atoms with Gasteiger partial charge in [0.25, 0.3) is 0 Å². The van der Waals surface area contributed by atoms with Crippen LogP contribution >= 0.6 is 0 Å². The molecule has 1 aromatic rings. The van der Waals surface area contributed by atoms with E-state index in [2.05, 4.69) is 6.07 Å². The largest absolute Gasteiger partial charge is 0.466 e. The van der Waals surface area contributed by atoms with Crippen molar-refractivity contribution >= 4 is 16.8 Å². The van der Waals surface area contributed by atoms with E-state index in [9.17, 15) is 9.00 Å².